The van der Waals surface area contributed by atoms with Crippen LogP contribution in [0.25, 0.3) is 0 Å². The summed E-state index contributed by atoms with van der Waals surface area (Å²) in [5.41, 5.74) is -0.157. The molecule has 0 spiro atoms. The van der Waals surface area contributed by atoms with Gasteiger partial charge in [0.2, 0.25) is 0 Å². The average molecular weight is 197 g/mol. The number of aliphatic hydroxyl groups is 1. The molecular formula is C9H15N3O2. The van der Waals surface area contributed by atoms with E-state index in [9.17, 15) is 4.79 Å². The standard InChI is InChI=1S/C9H15N3O2/c1-7(13)6-12(3)8-9(14)11(2)5-4-10-8/h4-5,7,13H,6H2,1-3H3. The molecule has 0 aliphatic rings. The van der Waals surface area contributed by atoms with Crippen LogP contribution in [-0.2, 0) is 7.05 Å². The van der Waals surface area contributed by atoms with Crippen LogP contribution in [0.1, 0.15) is 6.92 Å². The van der Waals surface area contributed by atoms with Crippen LogP contribution in [0.4, 0.5) is 5.82 Å². The predicted molar refractivity (Wildman–Crippen MR) is 54.4 cm³/mol. The first-order chi connectivity index (χ1) is 6.52. The van der Waals surface area contributed by atoms with Crippen molar-refractivity contribution in [2.45, 2.75) is 13.0 Å². The molecule has 1 rings (SSSR count). The van der Waals surface area contributed by atoms with E-state index in [1.165, 1.54) is 4.57 Å². The summed E-state index contributed by atoms with van der Waals surface area (Å²) < 4.78 is 1.46. The van der Waals surface area contributed by atoms with Crippen molar-refractivity contribution in [3.63, 3.8) is 0 Å². The molecule has 0 saturated carbocycles. The van der Waals surface area contributed by atoms with Gasteiger partial charge in [-0.05, 0) is 6.92 Å². The maximum atomic E-state index is 11.6. The zero-order valence-corrected chi connectivity index (χ0v) is 8.64. The first-order valence-electron chi connectivity index (χ1n) is 4.43. The van der Waals surface area contributed by atoms with Gasteiger partial charge in [-0.1, -0.05) is 0 Å². The van der Waals surface area contributed by atoms with E-state index < -0.39 is 6.10 Å². The largest absolute Gasteiger partial charge is 0.392 e. The van der Waals surface area contributed by atoms with Crippen LogP contribution in [0.15, 0.2) is 17.2 Å². The first kappa shape index (κ1) is 10.7. The van der Waals surface area contributed by atoms with E-state index in [1.807, 2.05) is 0 Å². The van der Waals surface area contributed by atoms with Crippen molar-refractivity contribution in [2.24, 2.45) is 7.05 Å². The van der Waals surface area contributed by atoms with Gasteiger partial charge in [-0.15, -0.1) is 0 Å². The van der Waals surface area contributed by atoms with Crippen molar-refractivity contribution in [3.05, 3.63) is 22.7 Å². The summed E-state index contributed by atoms with van der Waals surface area (Å²) in [5.74, 6) is 0.357. The van der Waals surface area contributed by atoms with E-state index >= 15 is 0 Å². The lowest BCUT2D eigenvalue weighted by Crippen LogP contribution is -2.34. The summed E-state index contributed by atoms with van der Waals surface area (Å²) in [6, 6.07) is 0. The summed E-state index contributed by atoms with van der Waals surface area (Å²) in [4.78, 5) is 17.2. The van der Waals surface area contributed by atoms with Gasteiger partial charge in [-0.3, -0.25) is 4.79 Å². The van der Waals surface area contributed by atoms with Gasteiger partial charge in [0.05, 0.1) is 6.10 Å². The third-order valence-electron chi connectivity index (χ3n) is 1.90. The Morgan fingerprint density at radius 3 is 2.93 bits per heavy atom. The lowest BCUT2D eigenvalue weighted by Gasteiger charge is -2.18. The van der Waals surface area contributed by atoms with Gasteiger partial charge in [0.1, 0.15) is 0 Å². The fourth-order valence-corrected chi connectivity index (χ4v) is 1.23. The molecule has 1 aromatic heterocycles. The highest BCUT2D eigenvalue weighted by atomic mass is 16.3. The van der Waals surface area contributed by atoms with Crippen molar-refractivity contribution >= 4 is 5.82 Å². The molecule has 1 unspecified atom stereocenters. The SMILES string of the molecule is CC(O)CN(C)c1nccn(C)c1=O. The minimum Gasteiger partial charge on any atom is -0.392 e. The first-order valence-corrected chi connectivity index (χ1v) is 4.43. The molecule has 78 valence electrons. The Kier molecular flexibility index (Phi) is 3.24. The van der Waals surface area contributed by atoms with E-state index in [4.69, 9.17) is 5.11 Å². The van der Waals surface area contributed by atoms with Crippen molar-refractivity contribution in [3.8, 4) is 0 Å². The molecule has 0 amide bonds. The topological polar surface area (TPSA) is 58.4 Å². The van der Waals surface area contributed by atoms with Gasteiger partial charge in [0.15, 0.2) is 5.82 Å². The smallest absolute Gasteiger partial charge is 0.293 e. The lowest BCUT2D eigenvalue weighted by molar-refractivity contribution is 0.201. The van der Waals surface area contributed by atoms with Crippen LogP contribution >= 0.6 is 0 Å². The molecule has 0 aliphatic heterocycles. The molecule has 1 atom stereocenters. The molecule has 0 aromatic carbocycles. The molecule has 5 nitrogen and oxygen atoms in total. The summed E-state index contributed by atoms with van der Waals surface area (Å²) >= 11 is 0. The van der Waals surface area contributed by atoms with Crippen LogP contribution in [0, 0.1) is 0 Å². The molecule has 0 radical (unpaired) electrons. The number of aryl methyl sites for hydroxylation is 1. The number of likely N-dealkylation sites (N-methyl/N-ethyl adjacent to an activating group) is 1. The van der Waals surface area contributed by atoms with Gasteiger partial charge < -0.3 is 14.6 Å². The van der Waals surface area contributed by atoms with Crippen molar-refractivity contribution in [2.75, 3.05) is 18.5 Å². The number of hydrogen-bond donors (Lipinski definition) is 1. The fourth-order valence-electron chi connectivity index (χ4n) is 1.23. The molecule has 1 heterocycles. The quantitative estimate of drug-likeness (QED) is 0.716. The van der Waals surface area contributed by atoms with Gasteiger partial charge in [0, 0.05) is 33.0 Å². The van der Waals surface area contributed by atoms with Crippen LogP contribution < -0.4 is 10.5 Å². The maximum Gasteiger partial charge on any atom is 0.293 e. The Morgan fingerprint density at radius 2 is 2.36 bits per heavy atom. The van der Waals surface area contributed by atoms with E-state index in [0.717, 1.165) is 0 Å². The summed E-state index contributed by atoms with van der Waals surface area (Å²) in [6.45, 7) is 2.07. The van der Waals surface area contributed by atoms with Crippen LogP contribution in [0.3, 0.4) is 0 Å². The molecule has 0 saturated heterocycles. The number of aliphatic hydroxyl groups excluding tert-OH is 1. The maximum absolute atomic E-state index is 11.6. The zero-order valence-electron chi connectivity index (χ0n) is 8.64. The Balaban J connectivity index is 2.96. The lowest BCUT2D eigenvalue weighted by atomic mass is 10.4. The molecule has 5 heteroatoms. The second-order valence-electron chi connectivity index (χ2n) is 3.40. The minimum absolute atomic E-state index is 0.157. The Morgan fingerprint density at radius 1 is 1.71 bits per heavy atom. The molecule has 0 bridgehead atoms. The fraction of sp³-hybridized carbons (Fsp3) is 0.556. The third-order valence-corrected chi connectivity index (χ3v) is 1.90. The molecule has 14 heavy (non-hydrogen) atoms. The highest BCUT2D eigenvalue weighted by Crippen LogP contribution is 2.00. The van der Waals surface area contributed by atoms with E-state index in [1.54, 1.807) is 38.3 Å². The third kappa shape index (κ3) is 2.32. The number of aromatic nitrogens is 2. The van der Waals surface area contributed by atoms with Crippen LogP contribution in [0.5, 0.6) is 0 Å². The van der Waals surface area contributed by atoms with Crippen molar-refractivity contribution in [1.82, 2.24) is 9.55 Å². The Bertz CT molecular complexity index is 359. The number of nitrogens with zero attached hydrogens (tertiary/aromatic N) is 3. The van der Waals surface area contributed by atoms with E-state index in [-0.39, 0.29) is 5.56 Å². The number of rotatable bonds is 3. The van der Waals surface area contributed by atoms with Gasteiger partial charge >= 0.3 is 0 Å². The van der Waals surface area contributed by atoms with Gasteiger partial charge in [-0.25, -0.2) is 4.98 Å². The highest BCUT2D eigenvalue weighted by molar-refractivity contribution is 5.34. The highest BCUT2D eigenvalue weighted by Gasteiger charge is 2.09. The molecular weight excluding hydrogens is 182 g/mol. The molecule has 1 aromatic rings. The normalized spacial score (nSPS) is 12.6. The average Bonchev–Trinajstić information content (AvgIpc) is 2.08. The molecule has 0 fully saturated rings. The van der Waals surface area contributed by atoms with Crippen molar-refractivity contribution < 1.29 is 5.11 Å². The number of anilines is 1. The van der Waals surface area contributed by atoms with Crippen LogP contribution in [0.2, 0.25) is 0 Å². The minimum atomic E-state index is -0.480. The number of hydrogen-bond acceptors (Lipinski definition) is 4. The summed E-state index contributed by atoms with van der Waals surface area (Å²) in [5, 5.41) is 9.17. The van der Waals surface area contributed by atoms with Crippen molar-refractivity contribution in [1.29, 1.82) is 0 Å². The Labute approximate surface area is 82.6 Å². The van der Waals surface area contributed by atoms with E-state index in [0.29, 0.717) is 12.4 Å². The molecule has 0 aliphatic carbocycles. The van der Waals surface area contributed by atoms with Gasteiger partial charge in [0.25, 0.3) is 5.56 Å². The monoisotopic (exact) mass is 197 g/mol. The van der Waals surface area contributed by atoms with E-state index in [2.05, 4.69) is 4.98 Å². The second-order valence-corrected chi connectivity index (χ2v) is 3.40. The summed E-state index contributed by atoms with van der Waals surface area (Å²) in [6.07, 6.45) is 2.68. The zero-order chi connectivity index (χ0) is 10.7. The summed E-state index contributed by atoms with van der Waals surface area (Å²) in [7, 11) is 3.40. The Hall–Kier alpha value is -1.36. The predicted octanol–water partition coefficient (Wildman–Crippen LogP) is -0.403. The second kappa shape index (κ2) is 4.23. The molecule has 1 N–H and O–H groups in total. The van der Waals surface area contributed by atoms with Crippen LogP contribution in [-0.4, -0.2) is 34.4 Å². The van der Waals surface area contributed by atoms with Gasteiger partial charge in [-0.2, -0.15) is 0 Å².